The van der Waals surface area contributed by atoms with Gasteiger partial charge in [-0.15, -0.1) is 11.8 Å². The predicted octanol–water partition coefficient (Wildman–Crippen LogP) is 4.98. The van der Waals surface area contributed by atoms with E-state index in [0.29, 0.717) is 38.6 Å². The van der Waals surface area contributed by atoms with Gasteiger partial charge in [-0.3, -0.25) is 4.79 Å². The number of nitrogens with zero attached hydrogens (tertiary/aromatic N) is 2. The maximum atomic E-state index is 12.8. The molecule has 0 aliphatic rings. The largest absolute Gasteiger partial charge is 0.461 e. The minimum absolute atomic E-state index is 0.252. The summed E-state index contributed by atoms with van der Waals surface area (Å²) >= 11 is 7.36. The lowest BCUT2D eigenvalue weighted by molar-refractivity contribution is 0.102. The van der Waals surface area contributed by atoms with Crippen LogP contribution in [0, 0.1) is 13.8 Å². The van der Waals surface area contributed by atoms with Gasteiger partial charge in [0.2, 0.25) is 0 Å². The summed E-state index contributed by atoms with van der Waals surface area (Å²) in [4.78, 5) is 21.7. The van der Waals surface area contributed by atoms with Gasteiger partial charge in [-0.25, -0.2) is 9.97 Å². The number of nitrogens with one attached hydrogen (secondary N) is 1. The summed E-state index contributed by atoms with van der Waals surface area (Å²) in [7, 11) is 0. The van der Waals surface area contributed by atoms with E-state index in [9.17, 15) is 4.79 Å². The van der Waals surface area contributed by atoms with Gasteiger partial charge in [0.05, 0.1) is 17.5 Å². The fourth-order valence-corrected chi connectivity index (χ4v) is 3.27. The van der Waals surface area contributed by atoms with Crippen molar-refractivity contribution in [3.63, 3.8) is 0 Å². The minimum Gasteiger partial charge on any atom is -0.461 e. The van der Waals surface area contributed by atoms with Crippen LogP contribution in [-0.4, -0.2) is 22.1 Å². The number of hydrogen-bond donors (Lipinski definition) is 1. The van der Waals surface area contributed by atoms with Crippen LogP contribution < -0.4 is 5.32 Å². The van der Waals surface area contributed by atoms with Gasteiger partial charge in [0.25, 0.3) is 5.91 Å². The molecule has 0 unspecified atom stereocenters. The van der Waals surface area contributed by atoms with Crippen LogP contribution in [-0.2, 0) is 0 Å². The lowest BCUT2D eigenvalue weighted by Crippen LogP contribution is -2.17. The van der Waals surface area contributed by atoms with E-state index in [1.165, 1.54) is 11.8 Å². The summed E-state index contributed by atoms with van der Waals surface area (Å²) in [6.45, 7) is 3.68. The van der Waals surface area contributed by atoms with Crippen molar-refractivity contribution in [2.45, 2.75) is 18.9 Å². The second-order valence-corrected chi connectivity index (χ2v) is 6.64. The van der Waals surface area contributed by atoms with Crippen LogP contribution in [0.3, 0.4) is 0 Å². The van der Waals surface area contributed by atoms with Crippen molar-refractivity contribution in [2.75, 3.05) is 11.6 Å². The molecule has 3 rings (SSSR count). The Balaban J connectivity index is 1.97. The normalized spacial score (nSPS) is 10.7. The molecule has 0 aliphatic carbocycles. The zero-order chi connectivity index (χ0) is 18.0. The van der Waals surface area contributed by atoms with Crippen LogP contribution in [0.4, 0.5) is 5.69 Å². The first-order valence-corrected chi connectivity index (χ1v) is 9.14. The number of halogens is 1. The highest BCUT2D eigenvalue weighted by Gasteiger charge is 2.20. The maximum absolute atomic E-state index is 12.8. The number of hydrogen-bond acceptors (Lipinski definition) is 5. The van der Waals surface area contributed by atoms with Gasteiger partial charge in [-0.1, -0.05) is 11.6 Å². The van der Waals surface area contributed by atoms with Gasteiger partial charge in [-0.05, 0) is 56.0 Å². The van der Waals surface area contributed by atoms with Crippen molar-refractivity contribution in [3.05, 3.63) is 58.4 Å². The summed E-state index contributed by atoms with van der Waals surface area (Å²) in [6.07, 6.45) is 3.44. The fraction of sp³-hybridized carbons (Fsp3) is 0.167. The topological polar surface area (TPSA) is 68.0 Å². The number of carbonyl (C=O) groups excluding carboxylic acids is 1. The van der Waals surface area contributed by atoms with Gasteiger partial charge >= 0.3 is 0 Å². The van der Waals surface area contributed by atoms with E-state index < -0.39 is 0 Å². The van der Waals surface area contributed by atoms with Crippen LogP contribution in [0.5, 0.6) is 0 Å². The Morgan fingerprint density at radius 1 is 1.24 bits per heavy atom. The first-order valence-electron chi connectivity index (χ1n) is 7.53. The highest BCUT2D eigenvalue weighted by molar-refractivity contribution is 7.98. The van der Waals surface area contributed by atoms with E-state index in [1.807, 2.05) is 13.2 Å². The van der Waals surface area contributed by atoms with Crippen molar-refractivity contribution in [1.82, 2.24) is 9.97 Å². The van der Waals surface area contributed by atoms with Crippen LogP contribution in [0.25, 0.3) is 11.6 Å². The summed E-state index contributed by atoms with van der Waals surface area (Å²) in [5.74, 6) is 0.781. The Kier molecular flexibility index (Phi) is 5.11. The number of benzene rings is 1. The van der Waals surface area contributed by atoms with Gasteiger partial charge in [0.1, 0.15) is 5.03 Å². The standard InChI is InChI=1S/C18H16ClN3O2S/c1-10-9-12(19)6-7-13(10)21-17(23)15-11(2)20-16(22-18(15)25-3)14-5-4-8-24-14/h4-9H,1-3H3,(H,21,23). The van der Waals surface area contributed by atoms with Gasteiger partial charge in [-0.2, -0.15) is 0 Å². The monoisotopic (exact) mass is 373 g/mol. The fourth-order valence-electron chi connectivity index (χ4n) is 2.42. The van der Waals surface area contributed by atoms with E-state index in [0.717, 1.165) is 5.56 Å². The highest BCUT2D eigenvalue weighted by Crippen LogP contribution is 2.27. The van der Waals surface area contributed by atoms with Crippen LogP contribution in [0.1, 0.15) is 21.6 Å². The van der Waals surface area contributed by atoms with Crippen molar-refractivity contribution in [3.8, 4) is 11.6 Å². The molecule has 5 nitrogen and oxygen atoms in total. The van der Waals surface area contributed by atoms with E-state index in [4.69, 9.17) is 16.0 Å². The number of aryl methyl sites for hydroxylation is 2. The number of anilines is 1. The van der Waals surface area contributed by atoms with Gasteiger partial charge in [0, 0.05) is 10.7 Å². The molecule has 0 spiro atoms. The molecule has 3 aromatic rings. The Hall–Kier alpha value is -2.31. The van der Waals surface area contributed by atoms with E-state index in [1.54, 1.807) is 43.5 Å². The van der Waals surface area contributed by atoms with E-state index in [2.05, 4.69) is 15.3 Å². The average molecular weight is 374 g/mol. The van der Waals surface area contributed by atoms with Crippen molar-refractivity contribution in [2.24, 2.45) is 0 Å². The Morgan fingerprint density at radius 2 is 2.04 bits per heavy atom. The van der Waals surface area contributed by atoms with Gasteiger partial charge in [0.15, 0.2) is 11.6 Å². The summed E-state index contributed by atoms with van der Waals surface area (Å²) < 4.78 is 5.35. The minimum atomic E-state index is -0.252. The molecule has 25 heavy (non-hydrogen) atoms. The summed E-state index contributed by atoms with van der Waals surface area (Å²) in [5.41, 5.74) is 2.64. The highest BCUT2D eigenvalue weighted by atomic mass is 35.5. The molecule has 0 saturated heterocycles. The quantitative estimate of drug-likeness (QED) is 0.516. The van der Waals surface area contributed by atoms with Crippen LogP contribution >= 0.6 is 23.4 Å². The molecule has 0 saturated carbocycles. The summed E-state index contributed by atoms with van der Waals surface area (Å²) in [5, 5.41) is 4.14. The average Bonchev–Trinajstić information content (AvgIpc) is 3.11. The first kappa shape index (κ1) is 17.5. The second-order valence-electron chi connectivity index (χ2n) is 5.41. The third-order valence-corrected chi connectivity index (χ3v) is 4.57. The molecule has 7 heteroatoms. The molecule has 0 aliphatic heterocycles. The predicted molar refractivity (Wildman–Crippen MR) is 100 cm³/mol. The lowest BCUT2D eigenvalue weighted by Gasteiger charge is -2.13. The van der Waals surface area contributed by atoms with E-state index in [-0.39, 0.29) is 5.91 Å². The van der Waals surface area contributed by atoms with Crippen molar-refractivity contribution < 1.29 is 9.21 Å². The Morgan fingerprint density at radius 3 is 2.68 bits per heavy atom. The first-order chi connectivity index (χ1) is 12.0. The zero-order valence-electron chi connectivity index (χ0n) is 14.0. The SMILES string of the molecule is CSc1nc(-c2ccco2)nc(C)c1C(=O)Nc1ccc(Cl)cc1C. The van der Waals surface area contributed by atoms with E-state index >= 15 is 0 Å². The molecule has 1 aromatic carbocycles. The molecule has 1 amide bonds. The second kappa shape index (κ2) is 7.29. The van der Waals surface area contributed by atoms with Crippen LogP contribution in [0.2, 0.25) is 5.02 Å². The molecule has 2 aromatic heterocycles. The number of rotatable bonds is 4. The smallest absolute Gasteiger partial charge is 0.260 e. The third kappa shape index (κ3) is 3.70. The molecule has 1 N–H and O–H groups in total. The molecular weight excluding hydrogens is 358 g/mol. The molecule has 2 heterocycles. The summed E-state index contributed by atoms with van der Waals surface area (Å²) in [6, 6.07) is 8.88. The number of amides is 1. The third-order valence-electron chi connectivity index (χ3n) is 3.66. The molecule has 0 atom stereocenters. The van der Waals surface area contributed by atoms with Gasteiger partial charge < -0.3 is 9.73 Å². The molecule has 128 valence electrons. The molecule has 0 fully saturated rings. The Labute approximate surface area is 154 Å². The van der Waals surface area contributed by atoms with Crippen LogP contribution in [0.15, 0.2) is 46.0 Å². The number of thioether (sulfide) groups is 1. The number of carbonyl (C=O) groups is 1. The molecule has 0 radical (unpaired) electrons. The molecule has 0 bridgehead atoms. The molecular formula is C18H16ClN3O2S. The maximum Gasteiger partial charge on any atom is 0.260 e. The Bertz CT molecular complexity index is 926. The zero-order valence-corrected chi connectivity index (χ0v) is 15.5. The van der Waals surface area contributed by atoms with Crippen molar-refractivity contribution >= 4 is 35.0 Å². The lowest BCUT2D eigenvalue weighted by atomic mass is 10.1. The van der Waals surface area contributed by atoms with Crippen molar-refractivity contribution in [1.29, 1.82) is 0 Å². The number of furan rings is 1. The number of aromatic nitrogens is 2.